The van der Waals surface area contributed by atoms with Crippen molar-refractivity contribution in [2.24, 2.45) is 0 Å². The van der Waals surface area contributed by atoms with Gasteiger partial charge < -0.3 is 5.32 Å². The summed E-state index contributed by atoms with van der Waals surface area (Å²) in [6, 6.07) is 4.42. The number of halogens is 2. The van der Waals surface area contributed by atoms with E-state index < -0.39 is 0 Å². The normalized spacial score (nSPS) is 12.3. The lowest BCUT2D eigenvalue weighted by molar-refractivity contribution is -0.115. The average molecular weight is 260 g/mol. The fraction of sp³-hybridized carbons (Fsp3) is 0.300. The van der Waals surface area contributed by atoms with Gasteiger partial charge in [0.2, 0.25) is 5.91 Å². The van der Waals surface area contributed by atoms with E-state index in [2.05, 4.69) is 21.2 Å². The predicted octanol–water partition coefficient (Wildman–Crippen LogP) is 2.86. The number of aryl methyl sites for hydroxylation is 1. The first kappa shape index (κ1) is 11.2. The van der Waals surface area contributed by atoms with Gasteiger partial charge in [-0.25, -0.2) is 4.39 Å². The number of benzene rings is 1. The van der Waals surface area contributed by atoms with Crippen LogP contribution in [0.2, 0.25) is 0 Å². The van der Waals surface area contributed by atoms with Crippen molar-refractivity contribution in [3.8, 4) is 0 Å². The molecule has 0 saturated carbocycles. The molecule has 76 valence electrons. The molecule has 1 N–H and O–H groups in total. The maximum absolute atomic E-state index is 12.9. The molecule has 1 unspecified atom stereocenters. The van der Waals surface area contributed by atoms with Gasteiger partial charge in [-0.2, -0.15) is 0 Å². The maximum Gasteiger partial charge on any atom is 0.237 e. The highest BCUT2D eigenvalue weighted by molar-refractivity contribution is 9.10. The molecule has 1 aromatic rings. The highest BCUT2D eigenvalue weighted by atomic mass is 79.9. The van der Waals surface area contributed by atoms with Crippen molar-refractivity contribution in [1.82, 2.24) is 0 Å². The monoisotopic (exact) mass is 259 g/mol. The molecular formula is C10H11BrFNO. The smallest absolute Gasteiger partial charge is 0.237 e. The molecule has 0 saturated heterocycles. The van der Waals surface area contributed by atoms with Gasteiger partial charge in [-0.15, -0.1) is 0 Å². The number of nitrogens with one attached hydrogen (secondary N) is 1. The third kappa shape index (κ3) is 3.10. The summed E-state index contributed by atoms with van der Waals surface area (Å²) in [6.07, 6.45) is 0. The van der Waals surface area contributed by atoms with Crippen LogP contribution in [-0.2, 0) is 4.79 Å². The number of rotatable bonds is 2. The molecule has 0 fully saturated rings. The lowest BCUT2D eigenvalue weighted by atomic mass is 10.2. The first-order valence-corrected chi connectivity index (χ1v) is 5.13. The van der Waals surface area contributed by atoms with Crippen LogP contribution in [0.3, 0.4) is 0 Å². The number of hydrogen-bond acceptors (Lipinski definition) is 1. The molecule has 0 radical (unpaired) electrons. The van der Waals surface area contributed by atoms with Crippen LogP contribution < -0.4 is 5.32 Å². The van der Waals surface area contributed by atoms with E-state index in [1.807, 2.05) is 0 Å². The number of hydrogen-bond donors (Lipinski definition) is 1. The second-order valence-electron chi connectivity index (χ2n) is 3.12. The van der Waals surface area contributed by atoms with E-state index in [9.17, 15) is 9.18 Å². The van der Waals surface area contributed by atoms with Crippen molar-refractivity contribution in [1.29, 1.82) is 0 Å². The highest BCUT2D eigenvalue weighted by Crippen LogP contribution is 2.14. The fourth-order valence-electron chi connectivity index (χ4n) is 1.05. The van der Waals surface area contributed by atoms with E-state index in [0.717, 1.165) is 5.56 Å². The number of amides is 1. The summed E-state index contributed by atoms with van der Waals surface area (Å²) in [7, 11) is 0. The van der Waals surface area contributed by atoms with Crippen LogP contribution >= 0.6 is 15.9 Å². The summed E-state index contributed by atoms with van der Waals surface area (Å²) >= 11 is 3.13. The molecule has 1 rings (SSSR count). The van der Waals surface area contributed by atoms with E-state index >= 15 is 0 Å². The number of alkyl halides is 1. The first-order chi connectivity index (χ1) is 6.49. The third-order valence-electron chi connectivity index (χ3n) is 1.67. The molecule has 0 aromatic heterocycles. The van der Waals surface area contributed by atoms with Crippen molar-refractivity contribution in [3.63, 3.8) is 0 Å². The Bertz CT molecular complexity index is 332. The Kier molecular flexibility index (Phi) is 3.63. The Balaban J connectivity index is 2.82. The Morgan fingerprint density at radius 2 is 2.14 bits per heavy atom. The summed E-state index contributed by atoms with van der Waals surface area (Å²) in [5.74, 6) is -0.530. The zero-order valence-electron chi connectivity index (χ0n) is 7.97. The van der Waals surface area contributed by atoms with Gasteiger partial charge in [0.1, 0.15) is 5.82 Å². The maximum atomic E-state index is 12.9. The van der Waals surface area contributed by atoms with E-state index in [1.54, 1.807) is 19.9 Å². The molecular weight excluding hydrogens is 249 g/mol. The molecule has 14 heavy (non-hydrogen) atoms. The molecule has 1 amide bonds. The van der Waals surface area contributed by atoms with Gasteiger partial charge in [0.05, 0.1) is 4.83 Å². The van der Waals surface area contributed by atoms with Crippen molar-refractivity contribution in [2.45, 2.75) is 18.7 Å². The van der Waals surface area contributed by atoms with Gasteiger partial charge in [0.25, 0.3) is 0 Å². The SMILES string of the molecule is Cc1cc(F)cc(NC(=O)C(C)Br)c1. The molecule has 0 aliphatic heterocycles. The standard InChI is InChI=1S/C10H11BrFNO/c1-6-3-8(12)5-9(4-6)13-10(14)7(2)11/h3-5,7H,1-2H3,(H,13,14). The molecule has 0 bridgehead atoms. The van der Waals surface area contributed by atoms with E-state index in [0.29, 0.717) is 5.69 Å². The van der Waals surface area contributed by atoms with Gasteiger partial charge in [0, 0.05) is 5.69 Å². The quantitative estimate of drug-likeness (QED) is 0.814. The molecule has 0 heterocycles. The second-order valence-corrected chi connectivity index (χ2v) is 4.50. The van der Waals surface area contributed by atoms with Crippen LogP contribution in [-0.4, -0.2) is 10.7 Å². The predicted molar refractivity (Wildman–Crippen MR) is 58.2 cm³/mol. The molecule has 2 nitrogen and oxygen atoms in total. The Labute approximate surface area is 90.6 Å². The van der Waals surface area contributed by atoms with Crippen molar-refractivity contribution in [3.05, 3.63) is 29.6 Å². The van der Waals surface area contributed by atoms with E-state index in [4.69, 9.17) is 0 Å². The van der Waals surface area contributed by atoms with Crippen LogP contribution in [0.5, 0.6) is 0 Å². The summed E-state index contributed by atoms with van der Waals surface area (Å²) in [5.41, 5.74) is 1.27. The zero-order chi connectivity index (χ0) is 10.7. The summed E-state index contributed by atoms with van der Waals surface area (Å²) < 4.78 is 12.9. The fourth-order valence-corrected chi connectivity index (χ4v) is 1.16. The van der Waals surface area contributed by atoms with Gasteiger partial charge in [-0.3, -0.25) is 4.79 Å². The third-order valence-corrected chi connectivity index (χ3v) is 2.09. The minimum absolute atomic E-state index is 0.185. The minimum atomic E-state index is -0.345. The summed E-state index contributed by atoms with van der Waals surface area (Å²) in [6.45, 7) is 3.48. The van der Waals surface area contributed by atoms with Crippen molar-refractivity contribution in [2.75, 3.05) is 5.32 Å². The van der Waals surface area contributed by atoms with E-state index in [1.165, 1.54) is 12.1 Å². The minimum Gasteiger partial charge on any atom is -0.325 e. The largest absolute Gasteiger partial charge is 0.325 e. The second kappa shape index (κ2) is 4.55. The Hall–Kier alpha value is -0.900. The summed E-state index contributed by atoms with van der Waals surface area (Å²) in [4.78, 5) is 11.0. The van der Waals surface area contributed by atoms with Crippen LogP contribution in [0.25, 0.3) is 0 Å². The molecule has 1 aromatic carbocycles. The molecule has 1 atom stereocenters. The zero-order valence-corrected chi connectivity index (χ0v) is 9.56. The number of carbonyl (C=O) groups is 1. The molecule has 0 aliphatic rings. The van der Waals surface area contributed by atoms with Gasteiger partial charge in [-0.05, 0) is 37.6 Å². The number of carbonyl (C=O) groups excluding carboxylic acids is 1. The van der Waals surface area contributed by atoms with Crippen molar-refractivity contribution >= 4 is 27.5 Å². The average Bonchev–Trinajstić information content (AvgIpc) is 2.01. The molecule has 0 aliphatic carbocycles. The molecule has 4 heteroatoms. The number of anilines is 1. The first-order valence-electron chi connectivity index (χ1n) is 4.21. The lowest BCUT2D eigenvalue weighted by Crippen LogP contribution is -2.19. The molecule has 0 spiro atoms. The van der Waals surface area contributed by atoms with Gasteiger partial charge >= 0.3 is 0 Å². The summed E-state index contributed by atoms with van der Waals surface area (Å²) in [5, 5.41) is 2.60. The van der Waals surface area contributed by atoms with E-state index in [-0.39, 0.29) is 16.6 Å². The van der Waals surface area contributed by atoms with Gasteiger partial charge in [0.15, 0.2) is 0 Å². The van der Waals surface area contributed by atoms with Crippen LogP contribution in [0.1, 0.15) is 12.5 Å². The van der Waals surface area contributed by atoms with Crippen LogP contribution in [0.4, 0.5) is 10.1 Å². The highest BCUT2D eigenvalue weighted by Gasteiger charge is 2.09. The topological polar surface area (TPSA) is 29.1 Å². The lowest BCUT2D eigenvalue weighted by Gasteiger charge is -2.07. The van der Waals surface area contributed by atoms with Crippen LogP contribution in [0, 0.1) is 12.7 Å². The Morgan fingerprint density at radius 3 is 2.64 bits per heavy atom. The van der Waals surface area contributed by atoms with Crippen molar-refractivity contribution < 1.29 is 9.18 Å². The van der Waals surface area contributed by atoms with Gasteiger partial charge in [-0.1, -0.05) is 15.9 Å². The Morgan fingerprint density at radius 1 is 1.50 bits per heavy atom. The van der Waals surface area contributed by atoms with Crippen LogP contribution in [0.15, 0.2) is 18.2 Å².